The number of hydrogen-bond acceptors (Lipinski definition) is 5. The number of Topliss-reactive ketones (excluding diaryl/α,β-unsaturated/α-hetero) is 1. The maximum atomic E-state index is 12.5. The Morgan fingerprint density at radius 2 is 1.92 bits per heavy atom. The zero-order valence-electron chi connectivity index (χ0n) is 15.5. The van der Waals surface area contributed by atoms with E-state index in [1.807, 2.05) is 19.9 Å². The van der Waals surface area contributed by atoms with Gasteiger partial charge in [-0.05, 0) is 38.5 Å². The van der Waals surface area contributed by atoms with E-state index < -0.39 is 5.97 Å². The van der Waals surface area contributed by atoms with Gasteiger partial charge in [-0.25, -0.2) is 4.79 Å². The lowest BCUT2D eigenvalue weighted by atomic mass is 10.1. The van der Waals surface area contributed by atoms with E-state index in [9.17, 15) is 9.59 Å². The molecule has 2 aromatic rings. The molecule has 0 bridgehead atoms. The van der Waals surface area contributed by atoms with Crippen LogP contribution < -0.4 is 5.32 Å². The molecule has 0 fully saturated rings. The monoisotopic (exact) mass is 358 g/mol. The van der Waals surface area contributed by atoms with Crippen molar-refractivity contribution in [3.8, 4) is 0 Å². The molecular weight excluding hydrogens is 332 g/mol. The third kappa shape index (κ3) is 4.52. The minimum absolute atomic E-state index is 0.0464. The normalized spacial score (nSPS) is 10.6. The van der Waals surface area contributed by atoms with Crippen LogP contribution in [0.5, 0.6) is 0 Å². The van der Waals surface area contributed by atoms with Crippen molar-refractivity contribution in [3.05, 3.63) is 52.8 Å². The summed E-state index contributed by atoms with van der Waals surface area (Å²) in [4.78, 5) is 24.8. The highest BCUT2D eigenvalue weighted by atomic mass is 16.5. The third-order valence-corrected chi connectivity index (χ3v) is 4.23. The van der Waals surface area contributed by atoms with Crippen LogP contribution in [0.2, 0.25) is 0 Å². The van der Waals surface area contributed by atoms with Gasteiger partial charge in [0.1, 0.15) is 0 Å². The molecule has 0 atom stereocenters. The number of carbonyl (C=O) groups excluding carboxylic acids is 2. The number of benzene rings is 1. The van der Waals surface area contributed by atoms with Crippen LogP contribution in [0, 0.1) is 13.8 Å². The van der Waals surface area contributed by atoms with Crippen LogP contribution in [0.4, 0.5) is 5.69 Å². The summed E-state index contributed by atoms with van der Waals surface area (Å²) in [5.74, 6) is -0.781. The van der Waals surface area contributed by atoms with Crippen LogP contribution in [0.15, 0.2) is 30.3 Å². The largest absolute Gasteiger partial charge is 0.454 e. The molecular formula is C20H26N2O4. The quantitative estimate of drug-likeness (QED) is 0.532. The standard InChI is InChI=1S/C20H26N2O4/c1-4-10-22-14(2)12-17(15(22)3)19(24)13-26-20(25)16-7-5-6-8-18(16)21-9-11-23/h5-8,12,21,23H,4,9-11,13H2,1-3H3. The summed E-state index contributed by atoms with van der Waals surface area (Å²) in [6.45, 7) is 6.80. The van der Waals surface area contributed by atoms with Gasteiger partial charge in [0.15, 0.2) is 6.61 Å². The molecule has 6 heteroatoms. The average molecular weight is 358 g/mol. The van der Waals surface area contributed by atoms with Crippen LogP contribution in [0.1, 0.15) is 45.4 Å². The molecule has 0 unspecified atom stereocenters. The Morgan fingerprint density at radius 3 is 2.62 bits per heavy atom. The first kappa shape index (κ1) is 19.7. The van der Waals surface area contributed by atoms with E-state index in [2.05, 4.69) is 16.8 Å². The number of aromatic nitrogens is 1. The van der Waals surface area contributed by atoms with Crippen molar-refractivity contribution >= 4 is 17.4 Å². The summed E-state index contributed by atoms with van der Waals surface area (Å²) in [7, 11) is 0. The fourth-order valence-corrected chi connectivity index (χ4v) is 2.94. The number of aliphatic hydroxyl groups is 1. The summed E-state index contributed by atoms with van der Waals surface area (Å²) in [5.41, 5.74) is 3.42. The van der Waals surface area contributed by atoms with E-state index in [4.69, 9.17) is 9.84 Å². The number of esters is 1. The maximum absolute atomic E-state index is 12.5. The Hall–Kier alpha value is -2.60. The number of nitrogens with zero attached hydrogens (tertiary/aromatic N) is 1. The third-order valence-electron chi connectivity index (χ3n) is 4.23. The minimum atomic E-state index is -0.568. The lowest BCUT2D eigenvalue weighted by Gasteiger charge is -2.11. The van der Waals surface area contributed by atoms with Crippen LogP contribution >= 0.6 is 0 Å². The number of carbonyl (C=O) groups is 2. The Bertz CT molecular complexity index is 780. The lowest BCUT2D eigenvalue weighted by molar-refractivity contribution is 0.0475. The van der Waals surface area contributed by atoms with Gasteiger partial charge in [-0.3, -0.25) is 4.79 Å². The van der Waals surface area contributed by atoms with Gasteiger partial charge in [0.25, 0.3) is 0 Å². The maximum Gasteiger partial charge on any atom is 0.340 e. The highest BCUT2D eigenvalue weighted by Gasteiger charge is 2.18. The number of hydrogen-bond donors (Lipinski definition) is 2. The number of aliphatic hydroxyl groups excluding tert-OH is 1. The molecule has 0 amide bonds. The van der Waals surface area contributed by atoms with E-state index in [-0.39, 0.29) is 19.0 Å². The topological polar surface area (TPSA) is 80.6 Å². The Kier molecular flexibility index (Phi) is 6.97. The molecule has 1 heterocycles. The molecule has 0 aliphatic rings. The molecule has 2 rings (SSSR count). The van der Waals surface area contributed by atoms with Gasteiger partial charge in [0.05, 0.1) is 12.2 Å². The van der Waals surface area contributed by atoms with Crippen molar-refractivity contribution in [2.75, 3.05) is 25.1 Å². The first-order valence-corrected chi connectivity index (χ1v) is 8.80. The fraction of sp³-hybridized carbons (Fsp3) is 0.400. The number of ketones is 1. The van der Waals surface area contributed by atoms with Gasteiger partial charge in [-0.15, -0.1) is 0 Å². The van der Waals surface area contributed by atoms with Crippen molar-refractivity contribution in [3.63, 3.8) is 0 Å². The van der Waals surface area contributed by atoms with Crippen LogP contribution in [-0.4, -0.2) is 41.2 Å². The Morgan fingerprint density at radius 1 is 1.19 bits per heavy atom. The second-order valence-corrected chi connectivity index (χ2v) is 6.13. The molecule has 6 nitrogen and oxygen atoms in total. The first-order valence-electron chi connectivity index (χ1n) is 8.80. The SMILES string of the molecule is CCCn1c(C)cc(C(=O)COC(=O)c2ccccc2NCCO)c1C. The van der Waals surface area contributed by atoms with Crippen LogP contribution in [-0.2, 0) is 11.3 Å². The highest BCUT2D eigenvalue weighted by molar-refractivity contribution is 6.01. The molecule has 1 aromatic carbocycles. The predicted molar refractivity (Wildman–Crippen MR) is 101 cm³/mol. The smallest absolute Gasteiger partial charge is 0.340 e. The second-order valence-electron chi connectivity index (χ2n) is 6.13. The molecule has 0 spiro atoms. The molecule has 2 N–H and O–H groups in total. The zero-order chi connectivity index (χ0) is 19.1. The number of nitrogens with one attached hydrogen (secondary N) is 1. The number of aryl methyl sites for hydroxylation is 1. The van der Waals surface area contributed by atoms with E-state index >= 15 is 0 Å². The molecule has 0 saturated carbocycles. The average Bonchev–Trinajstić information content (AvgIpc) is 2.93. The first-order chi connectivity index (χ1) is 12.5. The van der Waals surface area contributed by atoms with Crippen molar-refractivity contribution in [1.82, 2.24) is 4.57 Å². The van der Waals surface area contributed by atoms with E-state index in [0.717, 1.165) is 24.4 Å². The van der Waals surface area contributed by atoms with Gasteiger partial charge in [0.2, 0.25) is 5.78 Å². The van der Waals surface area contributed by atoms with Crippen molar-refractivity contribution < 1.29 is 19.4 Å². The number of rotatable bonds is 9. The lowest BCUT2D eigenvalue weighted by Crippen LogP contribution is -2.17. The molecule has 0 radical (unpaired) electrons. The summed E-state index contributed by atoms with van der Waals surface area (Å²) >= 11 is 0. The van der Waals surface area contributed by atoms with E-state index in [0.29, 0.717) is 23.4 Å². The van der Waals surface area contributed by atoms with Gasteiger partial charge in [0, 0.05) is 35.7 Å². The van der Waals surface area contributed by atoms with Gasteiger partial charge >= 0.3 is 5.97 Å². The van der Waals surface area contributed by atoms with Crippen molar-refractivity contribution in [1.29, 1.82) is 0 Å². The molecule has 140 valence electrons. The second kappa shape index (κ2) is 9.20. The van der Waals surface area contributed by atoms with Gasteiger partial charge in [-0.1, -0.05) is 19.1 Å². The number of ether oxygens (including phenoxy) is 1. The van der Waals surface area contributed by atoms with Crippen LogP contribution in [0.3, 0.4) is 0 Å². The van der Waals surface area contributed by atoms with E-state index in [1.54, 1.807) is 24.3 Å². The molecule has 1 aromatic heterocycles. The predicted octanol–water partition coefficient (Wildman–Crippen LogP) is 2.96. The van der Waals surface area contributed by atoms with Gasteiger partial charge < -0.3 is 19.7 Å². The summed E-state index contributed by atoms with van der Waals surface area (Å²) in [6.07, 6.45) is 0.983. The fourth-order valence-electron chi connectivity index (χ4n) is 2.94. The number of para-hydroxylation sites is 1. The number of anilines is 1. The molecule has 0 aliphatic heterocycles. The minimum Gasteiger partial charge on any atom is -0.454 e. The van der Waals surface area contributed by atoms with Crippen molar-refractivity contribution in [2.45, 2.75) is 33.7 Å². The van der Waals surface area contributed by atoms with Crippen LogP contribution in [0.25, 0.3) is 0 Å². The van der Waals surface area contributed by atoms with E-state index in [1.165, 1.54) is 0 Å². The zero-order valence-corrected chi connectivity index (χ0v) is 15.5. The Balaban J connectivity index is 2.06. The molecule has 0 saturated heterocycles. The molecule has 26 heavy (non-hydrogen) atoms. The van der Waals surface area contributed by atoms with Crippen molar-refractivity contribution in [2.24, 2.45) is 0 Å². The van der Waals surface area contributed by atoms with Gasteiger partial charge in [-0.2, -0.15) is 0 Å². The molecule has 0 aliphatic carbocycles. The highest BCUT2D eigenvalue weighted by Crippen LogP contribution is 2.18. The summed E-state index contributed by atoms with van der Waals surface area (Å²) in [6, 6.07) is 8.70. The summed E-state index contributed by atoms with van der Waals surface area (Å²) < 4.78 is 7.33. The summed E-state index contributed by atoms with van der Waals surface area (Å²) in [5, 5.41) is 11.9. The Labute approximate surface area is 153 Å².